The van der Waals surface area contributed by atoms with Gasteiger partial charge in [0.25, 0.3) is 0 Å². The molecule has 106 valence electrons. The summed E-state index contributed by atoms with van der Waals surface area (Å²) < 4.78 is 5.60. The summed E-state index contributed by atoms with van der Waals surface area (Å²) >= 11 is 0. The first kappa shape index (κ1) is 15.3. The normalized spacial score (nSPS) is 10.4. The van der Waals surface area contributed by atoms with E-state index in [1.165, 1.54) is 4.90 Å². The highest BCUT2D eigenvalue weighted by Crippen LogP contribution is 2.12. The van der Waals surface area contributed by atoms with Gasteiger partial charge in [-0.2, -0.15) is 0 Å². The van der Waals surface area contributed by atoms with Crippen LogP contribution in [0.3, 0.4) is 0 Å². The fourth-order valence-electron chi connectivity index (χ4n) is 1.39. The molecular weight excluding hydrogens is 242 g/mol. The zero-order chi connectivity index (χ0) is 14.3. The summed E-state index contributed by atoms with van der Waals surface area (Å²) in [4.78, 5) is 15.0. The Bertz CT molecular complexity index is 388. The molecule has 1 aromatic rings. The van der Waals surface area contributed by atoms with Crippen LogP contribution >= 0.6 is 0 Å². The lowest BCUT2D eigenvalue weighted by Gasteiger charge is -2.13. The van der Waals surface area contributed by atoms with Crippen LogP contribution in [0.2, 0.25) is 0 Å². The van der Waals surface area contributed by atoms with Gasteiger partial charge in [-0.3, -0.25) is 0 Å². The van der Waals surface area contributed by atoms with Crippen LogP contribution in [-0.2, 0) is 6.54 Å². The van der Waals surface area contributed by atoms with Gasteiger partial charge < -0.3 is 19.9 Å². The van der Waals surface area contributed by atoms with Gasteiger partial charge in [-0.15, -0.1) is 0 Å². The van der Waals surface area contributed by atoms with Gasteiger partial charge in [0.2, 0.25) is 0 Å². The second-order valence-corrected chi connectivity index (χ2v) is 4.85. The van der Waals surface area contributed by atoms with E-state index in [9.17, 15) is 4.79 Å². The van der Waals surface area contributed by atoms with Crippen LogP contribution in [0, 0.1) is 0 Å². The number of rotatable bonds is 6. The van der Waals surface area contributed by atoms with Crippen molar-refractivity contribution >= 4 is 6.03 Å². The fourth-order valence-corrected chi connectivity index (χ4v) is 1.39. The monoisotopic (exact) mass is 265 g/mol. The average molecular weight is 265 g/mol. The first-order valence-electron chi connectivity index (χ1n) is 6.30. The molecule has 5 nitrogen and oxygen atoms in total. The van der Waals surface area contributed by atoms with Crippen LogP contribution in [0.25, 0.3) is 0 Å². The molecule has 0 aromatic heterocycles. The molecule has 0 heterocycles. The maximum atomic E-state index is 11.4. The molecule has 1 rings (SSSR count). The Kier molecular flexibility index (Phi) is 6.15. The van der Waals surface area contributed by atoms with E-state index in [0.717, 1.165) is 17.9 Å². The number of hydrogen-bond acceptors (Lipinski definition) is 3. The molecule has 0 unspecified atom stereocenters. The minimum Gasteiger partial charge on any atom is -0.492 e. The molecule has 0 atom stereocenters. The Hall–Kier alpha value is -1.75. The molecule has 0 saturated heterocycles. The molecular formula is C14H23N3O2. The second-order valence-electron chi connectivity index (χ2n) is 4.85. The number of likely N-dealkylation sites (N-methyl/N-ethyl adjacent to an activating group) is 1. The molecule has 0 aliphatic heterocycles. The van der Waals surface area contributed by atoms with E-state index in [1.807, 2.05) is 38.4 Å². The van der Waals surface area contributed by atoms with E-state index in [1.54, 1.807) is 14.1 Å². The summed E-state index contributed by atoms with van der Waals surface area (Å²) in [6.07, 6.45) is 0. The topological polar surface area (TPSA) is 44.8 Å². The Morgan fingerprint density at radius 2 is 1.79 bits per heavy atom. The first-order valence-corrected chi connectivity index (χ1v) is 6.30. The molecule has 5 heteroatoms. The van der Waals surface area contributed by atoms with Crippen molar-refractivity contribution in [3.63, 3.8) is 0 Å². The zero-order valence-corrected chi connectivity index (χ0v) is 12.1. The molecule has 19 heavy (non-hydrogen) atoms. The summed E-state index contributed by atoms with van der Waals surface area (Å²) in [5, 5.41) is 2.82. The molecule has 0 spiro atoms. The van der Waals surface area contributed by atoms with Crippen LogP contribution in [0.4, 0.5) is 4.79 Å². The standard InChI is InChI=1S/C14H23N3O2/c1-16(2)9-10-19-13-7-5-12(6-8-13)11-15-14(18)17(3)4/h5-8H,9-11H2,1-4H3,(H,15,18). The SMILES string of the molecule is CN(C)CCOc1ccc(CNC(=O)N(C)C)cc1. The van der Waals surface area contributed by atoms with E-state index in [2.05, 4.69) is 10.2 Å². The number of hydrogen-bond donors (Lipinski definition) is 1. The summed E-state index contributed by atoms with van der Waals surface area (Å²) in [5.41, 5.74) is 1.05. The van der Waals surface area contributed by atoms with Crippen molar-refractivity contribution in [3.8, 4) is 5.75 Å². The predicted octanol–water partition coefficient (Wildman–Crippen LogP) is 1.40. The summed E-state index contributed by atoms with van der Waals surface area (Å²) in [6.45, 7) is 2.08. The van der Waals surface area contributed by atoms with Crippen LogP contribution in [0.1, 0.15) is 5.56 Å². The summed E-state index contributed by atoms with van der Waals surface area (Å²) in [6, 6.07) is 7.67. The largest absolute Gasteiger partial charge is 0.492 e. The van der Waals surface area contributed by atoms with E-state index in [4.69, 9.17) is 4.74 Å². The van der Waals surface area contributed by atoms with Crippen molar-refractivity contribution in [2.45, 2.75) is 6.54 Å². The average Bonchev–Trinajstić information content (AvgIpc) is 2.37. The van der Waals surface area contributed by atoms with Crippen molar-refractivity contribution in [3.05, 3.63) is 29.8 Å². The maximum Gasteiger partial charge on any atom is 0.317 e. The summed E-state index contributed by atoms with van der Waals surface area (Å²) in [7, 11) is 7.47. The quantitative estimate of drug-likeness (QED) is 0.845. The highest BCUT2D eigenvalue weighted by molar-refractivity contribution is 5.73. The molecule has 2 amide bonds. The van der Waals surface area contributed by atoms with Gasteiger partial charge >= 0.3 is 6.03 Å². The van der Waals surface area contributed by atoms with Crippen molar-refractivity contribution in [2.75, 3.05) is 41.3 Å². The molecule has 1 aromatic carbocycles. The number of nitrogens with zero attached hydrogens (tertiary/aromatic N) is 2. The number of nitrogens with one attached hydrogen (secondary N) is 1. The molecule has 0 saturated carbocycles. The number of urea groups is 1. The van der Waals surface area contributed by atoms with Gasteiger partial charge in [-0.25, -0.2) is 4.79 Å². The molecule has 1 N–H and O–H groups in total. The Labute approximate surface area is 115 Å². The minimum absolute atomic E-state index is 0.0914. The lowest BCUT2D eigenvalue weighted by atomic mass is 10.2. The number of carbonyl (C=O) groups is 1. The fraction of sp³-hybridized carbons (Fsp3) is 0.500. The van der Waals surface area contributed by atoms with Gasteiger partial charge in [0.1, 0.15) is 12.4 Å². The van der Waals surface area contributed by atoms with Crippen LogP contribution in [0.15, 0.2) is 24.3 Å². The Morgan fingerprint density at radius 1 is 1.16 bits per heavy atom. The third-order valence-electron chi connectivity index (χ3n) is 2.58. The predicted molar refractivity (Wildman–Crippen MR) is 76.4 cm³/mol. The number of ether oxygens (including phenoxy) is 1. The summed E-state index contributed by atoms with van der Waals surface area (Å²) in [5.74, 6) is 0.851. The highest BCUT2D eigenvalue weighted by atomic mass is 16.5. The van der Waals surface area contributed by atoms with Crippen LogP contribution < -0.4 is 10.1 Å². The lowest BCUT2D eigenvalue weighted by molar-refractivity contribution is 0.217. The maximum absolute atomic E-state index is 11.4. The first-order chi connectivity index (χ1) is 8.99. The third kappa shape index (κ3) is 6.10. The van der Waals surface area contributed by atoms with Crippen LogP contribution in [0.5, 0.6) is 5.75 Å². The second kappa shape index (κ2) is 7.63. The van der Waals surface area contributed by atoms with Crippen molar-refractivity contribution < 1.29 is 9.53 Å². The van der Waals surface area contributed by atoms with Crippen LogP contribution in [-0.4, -0.2) is 57.2 Å². The molecule has 0 bridgehead atoms. The molecule has 0 aliphatic rings. The van der Waals surface area contributed by atoms with Gasteiger partial charge in [0, 0.05) is 27.2 Å². The molecule has 0 radical (unpaired) electrons. The zero-order valence-electron chi connectivity index (χ0n) is 12.1. The Balaban J connectivity index is 2.37. The number of amides is 2. The third-order valence-corrected chi connectivity index (χ3v) is 2.58. The Morgan fingerprint density at radius 3 is 2.32 bits per heavy atom. The van der Waals surface area contributed by atoms with Gasteiger partial charge in [-0.05, 0) is 31.8 Å². The van der Waals surface area contributed by atoms with Gasteiger partial charge in [0.15, 0.2) is 0 Å². The number of benzene rings is 1. The molecule has 0 fully saturated rings. The van der Waals surface area contributed by atoms with Crippen molar-refractivity contribution in [1.82, 2.24) is 15.1 Å². The molecule has 0 aliphatic carbocycles. The number of carbonyl (C=O) groups excluding carboxylic acids is 1. The van der Waals surface area contributed by atoms with Crippen molar-refractivity contribution in [2.24, 2.45) is 0 Å². The van der Waals surface area contributed by atoms with Crippen molar-refractivity contribution in [1.29, 1.82) is 0 Å². The van der Waals surface area contributed by atoms with E-state index >= 15 is 0 Å². The smallest absolute Gasteiger partial charge is 0.317 e. The van der Waals surface area contributed by atoms with E-state index in [0.29, 0.717) is 13.2 Å². The van der Waals surface area contributed by atoms with E-state index < -0.39 is 0 Å². The van der Waals surface area contributed by atoms with Gasteiger partial charge in [0.05, 0.1) is 0 Å². The minimum atomic E-state index is -0.0914. The van der Waals surface area contributed by atoms with Gasteiger partial charge in [-0.1, -0.05) is 12.1 Å². The van der Waals surface area contributed by atoms with E-state index in [-0.39, 0.29) is 6.03 Å². The highest BCUT2D eigenvalue weighted by Gasteiger charge is 2.02. The lowest BCUT2D eigenvalue weighted by Crippen LogP contribution is -2.33.